The second-order valence-corrected chi connectivity index (χ2v) is 11.5. The summed E-state index contributed by atoms with van der Waals surface area (Å²) in [7, 11) is 0. The van der Waals surface area contributed by atoms with Gasteiger partial charge in [-0.15, -0.1) is 22.7 Å². The number of carbonyl (C=O) groups is 2. The Bertz CT molecular complexity index is 1060. The highest BCUT2D eigenvalue weighted by atomic mass is 32.1. The van der Waals surface area contributed by atoms with Crippen LogP contribution in [0.3, 0.4) is 0 Å². The topological polar surface area (TPSA) is 76.2 Å². The van der Waals surface area contributed by atoms with E-state index in [1.165, 1.54) is 16.2 Å². The highest BCUT2D eigenvalue weighted by molar-refractivity contribution is 7.10. The zero-order valence-corrected chi connectivity index (χ0v) is 21.5. The largest absolute Gasteiger partial charge is 0.450 e. The highest BCUT2D eigenvalue weighted by Crippen LogP contribution is 2.30. The molecule has 4 heterocycles. The third-order valence-electron chi connectivity index (χ3n) is 5.53. The maximum absolute atomic E-state index is 13.8. The first kappa shape index (κ1) is 24.7. The molecule has 1 fully saturated rings. The zero-order valence-electron chi connectivity index (χ0n) is 19.8. The molecule has 1 atom stereocenters. The SMILES string of the molecule is CC(C)(C)NC(=O)C(c1cccs1)N(Cc1cccs1)C(=O)c1ccc(C[NH+]2CCOCC2)o1. The van der Waals surface area contributed by atoms with Crippen LogP contribution in [0, 0.1) is 0 Å². The fraction of sp³-hybridized carbons (Fsp3) is 0.440. The van der Waals surface area contributed by atoms with Gasteiger partial charge in [-0.2, -0.15) is 0 Å². The Balaban J connectivity index is 1.63. The van der Waals surface area contributed by atoms with Gasteiger partial charge in [-0.1, -0.05) is 12.1 Å². The third-order valence-corrected chi connectivity index (χ3v) is 7.32. The normalized spacial score (nSPS) is 15.7. The smallest absolute Gasteiger partial charge is 0.290 e. The minimum atomic E-state index is -0.757. The molecular formula is C25H32N3O4S2+. The van der Waals surface area contributed by atoms with E-state index in [0.29, 0.717) is 13.1 Å². The Hall–Kier alpha value is -2.46. The summed E-state index contributed by atoms with van der Waals surface area (Å²) in [4.78, 5) is 32.1. The number of morpholine rings is 1. The van der Waals surface area contributed by atoms with Crippen molar-refractivity contribution in [1.82, 2.24) is 10.2 Å². The molecule has 1 saturated heterocycles. The van der Waals surface area contributed by atoms with Gasteiger partial charge in [0.15, 0.2) is 11.5 Å². The van der Waals surface area contributed by atoms with Gasteiger partial charge in [-0.05, 0) is 55.8 Å². The first-order valence-electron chi connectivity index (χ1n) is 11.5. The van der Waals surface area contributed by atoms with E-state index in [1.807, 2.05) is 61.9 Å². The molecule has 0 aromatic carbocycles. The van der Waals surface area contributed by atoms with Gasteiger partial charge in [0.05, 0.1) is 19.8 Å². The van der Waals surface area contributed by atoms with Gasteiger partial charge in [-0.3, -0.25) is 9.59 Å². The van der Waals surface area contributed by atoms with Crippen LogP contribution in [-0.2, 0) is 22.6 Å². The standard InChI is InChI=1S/C25H31N3O4S2/c1-25(2,3)26-23(29)22(21-7-5-15-34-21)28(17-19-6-4-14-33-19)24(30)20-9-8-18(32-20)16-27-10-12-31-13-11-27/h4-9,14-15,22H,10-13,16-17H2,1-3H3,(H,26,29)/p+1. The van der Waals surface area contributed by atoms with Crippen LogP contribution in [-0.4, -0.2) is 48.6 Å². The number of furan rings is 1. The van der Waals surface area contributed by atoms with E-state index in [0.717, 1.165) is 41.8 Å². The van der Waals surface area contributed by atoms with E-state index < -0.39 is 11.6 Å². The molecule has 9 heteroatoms. The molecule has 3 aromatic heterocycles. The van der Waals surface area contributed by atoms with Crippen molar-refractivity contribution in [3.8, 4) is 0 Å². The second-order valence-electron chi connectivity index (χ2n) is 9.47. The molecule has 1 aliphatic rings. The van der Waals surface area contributed by atoms with Gasteiger partial charge in [0.2, 0.25) is 5.91 Å². The Morgan fingerprint density at radius 1 is 1.09 bits per heavy atom. The molecule has 0 radical (unpaired) electrons. The molecule has 0 spiro atoms. The first-order chi connectivity index (χ1) is 16.3. The molecule has 182 valence electrons. The Morgan fingerprint density at radius 3 is 2.47 bits per heavy atom. The maximum Gasteiger partial charge on any atom is 0.290 e. The Labute approximate surface area is 208 Å². The van der Waals surface area contributed by atoms with Gasteiger partial charge < -0.3 is 24.3 Å². The molecule has 0 bridgehead atoms. The Morgan fingerprint density at radius 2 is 1.82 bits per heavy atom. The number of thiophene rings is 2. The number of hydrogen-bond acceptors (Lipinski definition) is 6. The van der Waals surface area contributed by atoms with Gasteiger partial charge in [0.1, 0.15) is 25.7 Å². The molecule has 1 unspecified atom stereocenters. The molecule has 3 aromatic rings. The summed E-state index contributed by atoms with van der Waals surface area (Å²) >= 11 is 3.03. The van der Waals surface area contributed by atoms with Crippen LogP contribution in [0.15, 0.2) is 51.6 Å². The van der Waals surface area contributed by atoms with Crippen molar-refractivity contribution in [3.05, 3.63) is 68.4 Å². The van der Waals surface area contributed by atoms with Crippen LogP contribution in [0.5, 0.6) is 0 Å². The summed E-state index contributed by atoms with van der Waals surface area (Å²) < 4.78 is 11.5. The fourth-order valence-corrected chi connectivity index (χ4v) is 5.51. The van der Waals surface area contributed by atoms with Crippen molar-refractivity contribution >= 4 is 34.5 Å². The first-order valence-corrected chi connectivity index (χ1v) is 13.2. The van der Waals surface area contributed by atoms with E-state index in [2.05, 4.69) is 5.32 Å². The van der Waals surface area contributed by atoms with Crippen LogP contribution >= 0.6 is 22.7 Å². The number of rotatable bonds is 8. The minimum absolute atomic E-state index is 0.204. The lowest BCUT2D eigenvalue weighted by Gasteiger charge is -2.32. The number of amides is 2. The molecule has 1 aliphatic heterocycles. The lowest BCUT2D eigenvalue weighted by molar-refractivity contribution is -0.922. The van der Waals surface area contributed by atoms with Crippen LogP contribution in [0.2, 0.25) is 0 Å². The van der Waals surface area contributed by atoms with Crippen molar-refractivity contribution in [1.29, 1.82) is 0 Å². The number of hydrogen-bond donors (Lipinski definition) is 2. The van der Waals surface area contributed by atoms with Crippen LogP contribution < -0.4 is 10.2 Å². The number of nitrogens with one attached hydrogen (secondary N) is 2. The average molecular weight is 503 g/mol. The lowest BCUT2D eigenvalue weighted by atomic mass is 10.1. The molecule has 34 heavy (non-hydrogen) atoms. The average Bonchev–Trinajstić information content (AvgIpc) is 3.56. The predicted molar refractivity (Wildman–Crippen MR) is 133 cm³/mol. The van der Waals surface area contributed by atoms with Crippen molar-refractivity contribution in [3.63, 3.8) is 0 Å². The number of nitrogens with zero attached hydrogens (tertiary/aromatic N) is 1. The molecular weight excluding hydrogens is 470 g/mol. The van der Waals surface area contributed by atoms with Gasteiger partial charge in [0, 0.05) is 15.3 Å². The van der Waals surface area contributed by atoms with Crippen LogP contribution in [0.1, 0.15) is 52.9 Å². The zero-order chi connectivity index (χ0) is 24.1. The summed E-state index contributed by atoms with van der Waals surface area (Å²) in [5.41, 5.74) is -0.428. The minimum Gasteiger partial charge on any atom is -0.450 e. The van der Waals surface area contributed by atoms with Crippen molar-refractivity contribution < 1.29 is 23.6 Å². The highest BCUT2D eigenvalue weighted by Gasteiger charge is 2.36. The van der Waals surface area contributed by atoms with E-state index >= 15 is 0 Å². The number of carbonyl (C=O) groups excluding carboxylic acids is 2. The monoisotopic (exact) mass is 502 g/mol. The third kappa shape index (κ3) is 6.35. The van der Waals surface area contributed by atoms with E-state index in [-0.39, 0.29) is 17.6 Å². The summed E-state index contributed by atoms with van der Waals surface area (Å²) in [6.07, 6.45) is 0. The molecule has 4 rings (SSSR count). The van der Waals surface area contributed by atoms with Crippen LogP contribution in [0.25, 0.3) is 0 Å². The van der Waals surface area contributed by atoms with Gasteiger partial charge >= 0.3 is 0 Å². The number of quaternary nitrogens is 1. The summed E-state index contributed by atoms with van der Waals surface area (Å²) in [5.74, 6) is 0.524. The molecule has 0 saturated carbocycles. The summed E-state index contributed by atoms with van der Waals surface area (Å²) in [5, 5.41) is 6.97. The molecule has 2 amide bonds. The van der Waals surface area contributed by atoms with Gasteiger partial charge in [0.25, 0.3) is 5.91 Å². The molecule has 0 aliphatic carbocycles. The molecule has 7 nitrogen and oxygen atoms in total. The predicted octanol–water partition coefficient (Wildman–Crippen LogP) is 3.12. The lowest BCUT2D eigenvalue weighted by Crippen LogP contribution is -3.12. The Kier molecular flexibility index (Phi) is 7.88. The summed E-state index contributed by atoms with van der Waals surface area (Å²) in [6.45, 7) is 10.2. The quantitative estimate of drug-likeness (QED) is 0.496. The van der Waals surface area contributed by atoms with Gasteiger partial charge in [-0.25, -0.2) is 0 Å². The molecule has 2 N–H and O–H groups in total. The maximum atomic E-state index is 13.8. The van der Waals surface area contributed by atoms with E-state index in [9.17, 15) is 9.59 Å². The fourth-order valence-electron chi connectivity index (χ4n) is 3.97. The van der Waals surface area contributed by atoms with Crippen molar-refractivity contribution in [2.75, 3.05) is 26.3 Å². The second kappa shape index (κ2) is 10.9. The summed E-state index contributed by atoms with van der Waals surface area (Å²) in [6, 6.07) is 10.6. The van der Waals surface area contributed by atoms with E-state index in [4.69, 9.17) is 9.15 Å². The van der Waals surface area contributed by atoms with Crippen LogP contribution in [0.4, 0.5) is 0 Å². The number of ether oxygens (including phenoxy) is 1. The van der Waals surface area contributed by atoms with E-state index in [1.54, 1.807) is 22.3 Å². The van der Waals surface area contributed by atoms with Crippen molar-refractivity contribution in [2.45, 2.75) is 45.4 Å². The van der Waals surface area contributed by atoms with Crippen molar-refractivity contribution in [2.24, 2.45) is 0 Å².